The average Bonchev–Trinajstić information content (AvgIpc) is 1.94. The fraction of sp³-hybridized carbons (Fsp3) is 0.250. The lowest BCUT2D eigenvalue weighted by Crippen LogP contribution is -2.07. The van der Waals surface area contributed by atoms with Crippen molar-refractivity contribution >= 4 is 15.9 Å². The van der Waals surface area contributed by atoms with E-state index in [-0.39, 0.29) is 11.9 Å². The van der Waals surface area contributed by atoms with Crippen molar-refractivity contribution in [3.8, 4) is 0 Å². The number of hydrogen-bond donors (Lipinski definition) is 1. The van der Waals surface area contributed by atoms with Gasteiger partial charge in [0.25, 0.3) is 0 Å². The van der Waals surface area contributed by atoms with Crippen LogP contribution in [0.25, 0.3) is 0 Å². The second-order valence-corrected chi connectivity index (χ2v) is 3.37. The van der Waals surface area contributed by atoms with Crippen molar-refractivity contribution in [2.24, 2.45) is 5.73 Å². The molecule has 1 nitrogen and oxygen atoms in total. The molecule has 0 bridgehead atoms. The van der Waals surface area contributed by atoms with Crippen LogP contribution in [0.15, 0.2) is 22.7 Å². The van der Waals surface area contributed by atoms with Gasteiger partial charge in [0.1, 0.15) is 5.82 Å². The van der Waals surface area contributed by atoms with Gasteiger partial charge < -0.3 is 5.73 Å². The maximum atomic E-state index is 12.9. The molecular weight excluding hydrogens is 209 g/mol. The van der Waals surface area contributed by atoms with Crippen molar-refractivity contribution in [2.45, 2.75) is 13.0 Å². The van der Waals surface area contributed by atoms with Crippen LogP contribution in [0, 0.1) is 5.82 Å². The van der Waals surface area contributed by atoms with Gasteiger partial charge in [-0.2, -0.15) is 0 Å². The molecule has 1 unspecified atom stereocenters. The molecule has 1 atom stereocenters. The number of hydrogen-bond acceptors (Lipinski definition) is 1. The topological polar surface area (TPSA) is 26.0 Å². The number of halogens is 2. The monoisotopic (exact) mass is 217 g/mol. The van der Waals surface area contributed by atoms with E-state index < -0.39 is 0 Å². The lowest BCUT2D eigenvalue weighted by atomic mass is 10.1. The highest BCUT2D eigenvalue weighted by atomic mass is 79.9. The quantitative estimate of drug-likeness (QED) is 0.770. The SMILES string of the molecule is CC(N)c1cc(Br)ccc1F. The predicted molar refractivity (Wildman–Crippen MR) is 46.7 cm³/mol. The Labute approximate surface area is 73.5 Å². The van der Waals surface area contributed by atoms with Gasteiger partial charge in [-0.3, -0.25) is 0 Å². The Morgan fingerprint density at radius 3 is 2.64 bits per heavy atom. The normalized spacial score (nSPS) is 13.1. The van der Waals surface area contributed by atoms with Gasteiger partial charge in [-0.15, -0.1) is 0 Å². The van der Waals surface area contributed by atoms with Gasteiger partial charge in [-0.05, 0) is 25.1 Å². The first-order chi connectivity index (χ1) is 5.11. The van der Waals surface area contributed by atoms with Crippen LogP contribution in [0.5, 0.6) is 0 Å². The highest BCUT2D eigenvalue weighted by Crippen LogP contribution is 2.19. The second-order valence-electron chi connectivity index (χ2n) is 2.45. The minimum Gasteiger partial charge on any atom is -0.324 e. The van der Waals surface area contributed by atoms with Crippen molar-refractivity contribution in [3.63, 3.8) is 0 Å². The predicted octanol–water partition coefficient (Wildman–Crippen LogP) is 2.61. The first-order valence-corrected chi connectivity index (χ1v) is 4.11. The Bertz CT molecular complexity index is 260. The summed E-state index contributed by atoms with van der Waals surface area (Å²) in [6.07, 6.45) is 0. The van der Waals surface area contributed by atoms with Crippen LogP contribution < -0.4 is 5.73 Å². The summed E-state index contributed by atoms with van der Waals surface area (Å²) >= 11 is 3.24. The minimum atomic E-state index is -0.257. The molecule has 0 amide bonds. The van der Waals surface area contributed by atoms with E-state index in [0.717, 1.165) is 4.47 Å². The molecule has 0 saturated carbocycles. The highest BCUT2D eigenvalue weighted by Gasteiger charge is 2.05. The molecule has 1 rings (SSSR count). The molecule has 1 aromatic rings. The average molecular weight is 218 g/mol. The Morgan fingerprint density at radius 2 is 2.18 bits per heavy atom. The number of benzene rings is 1. The van der Waals surface area contributed by atoms with E-state index in [9.17, 15) is 4.39 Å². The Balaban J connectivity index is 3.13. The van der Waals surface area contributed by atoms with Crippen molar-refractivity contribution in [1.82, 2.24) is 0 Å². The maximum Gasteiger partial charge on any atom is 0.128 e. The van der Waals surface area contributed by atoms with E-state index in [1.54, 1.807) is 19.1 Å². The summed E-state index contributed by atoms with van der Waals surface area (Å²) in [7, 11) is 0. The van der Waals surface area contributed by atoms with Gasteiger partial charge in [0.2, 0.25) is 0 Å². The highest BCUT2D eigenvalue weighted by molar-refractivity contribution is 9.10. The zero-order valence-electron chi connectivity index (χ0n) is 6.14. The fourth-order valence-corrected chi connectivity index (χ4v) is 1.24. The van der Waals surface area contributed by atoms with Crippen molar-refractivity contribution in [3.05, 3.63) is 34.1 Å². The van der Waals surface area contributed by atoms with Crippen LogP contribution in [-0.2, 0) is 0 Å². The van der Waals surface area contributed by atoms with Crippen molar-refractivity contribution < 1.29 is 4.39 Å². The zero-order chi connectivity index (χ0) is 8.43. The largest absolute Gasteiger partial charge is 0.324 e. The van der Waals surface area contributed by atoms with Crippen LogP contribution in [0.1, 0.15) is 18.5 Å². The van der Waals surface area contributed by atoms with Crippen LogP contribution in [0.4, 0.5) is 4.39 Å². The van der Waals surface area contributed by atoms with E-state index >= 15 is 0 Å². The molecule has 0 aliphatic rings. The molecule has 2 N–H and O–H groups in total. The van der Waals surface area contributed by atoms with E-state index in [1.165, 1.54) is 6.07 Å². The fourth-order valence-electron chi connectivity index (χ4n) is 0.864. The minimum absolute atomic E-state index is 0.247. The molecular formula is C8H9BrFN. The molecule has 3 heteroatoms. The molecule has 0 heterocycles. The summed E-state index contributed by atoms with van der Waals surface area (Å²) in [5.74, 6) is -0.247. The van der Waals surface area contributed by atoms with Crippen LogP contribution in [0.2, 0.25) is 0 Å². The zero-order valence-corrected chi connectivity index (χ0v) is 7.73. The summed E-state index contributed by atoms with van der Waals surface area (Å²) in [4.78, 5) is 0. The third-order valence-corrected chi connectivity index (χ3v) is 1.94. The van der Waals surface area contributed by atoms with Crippen molar-refractivity contribution in [2.75, 3.05) is 0 Å². The second kappa shape index (κ2) is 3.32. The van der Waals surface area contributed by atoms with Crippen LogP contribution in [0.3, 0.4) is 0 Å². The molecule has 0 radical (unpaired) electrons. The summed E-state index contributed by atoms with van der Waals surface area (Å²) in [6.45, 7) is 1.75. The lowest BCUT2D eigenvalue weighted by molar-refractivity contribution is 0.593. The summed E-state index contributed by atoms with van der Waals surface area (Å²) < 4.78 is 13.8. The summed E-state index contributed by atoms with van der Waals surface area (Å²) in [6, 6.07) is 4.50. The summed E-state index contributed by atoms with van der Waals surface area (Å²) in [5, 5.41) is 0. The van der Waals surface area contributed by atoms with Crippen molar-refractivity contribution in [1.29, 1.82) is 0 Å². The molecule has 0 spiro atoms. The van der Waals surface area contributed by atoms with Gasteiger partial charge in [0.15, 0.2) is 0 Å². The van der Waals surface area contributed by atoms with E-state index in [2.05, 4.69) is 15.9 Å². The number of nitrogens with two attached hydrogens (primary N) is 1. The molecule has 0 aliphatic carbocycles. The molecule has 0 aromatic heterocycles. The standard InChI is InChI=1S/C8H9BrFN/c1-5(11)7-4-6(9)2-3-8(7)10/h2-5H,11H2,1H3. The van der Waals surface area contributed by atoms with E-state index in [1.807, 2.05) is 0 Å². The van der Waals surface area contributed by atoms with E-state index in [4.69, 9.17) is 5.73 Å². The third kappa shape index (κ3) is 2.01. The van der Waals surface area contributed by atoms with Gasteiger partial charge in [0, 0.05) is 16.1 Å². The Morgan fingerprint density at radius 1 is 1.55 bits per heavy atom. The smallest absolute Gasteiger partial charge is 0.128 e. The van der Waals surface area contributed by atoms with Gasteiger partial charge in [-0.25, -0.2) is 4.39 Å². The molecule has 0 aliphatic heterocycles. The van der Waals surface area contributed by atoms with Gasteiger partial charge in [-0.1, -0.05) is 15.9 Å². The third-order valence-electron chi connectivity index (χ3n) is 1.45. The Kier molecular flexibility index (Phi) is 2.62. The maximum absolute atomic E-state index is 12.9. The molecule has 0 fully saturated rings. The van der Waals surface area contributed by atoms with Crippen LogP contribution >= 0.6 is 15.9 Å². The lowest BCUT2D eigenvalue weighted by Gasteiger charge is -2.06. The first-order valence-electron chi connectivity index (χ1n) is 3.32. The molecule has 1 aromatic carbocycles. The van der Waals surface area contributed by atoms with Gasteiger partial charge in [0.05, 0.1) is 0 Å². The van der Waals surface area contributed by atoms with Gasteiger partial charge >= 0.3 is 0 Å². The molecule has 0 saturated heterocycles. The van der Waals surface area contributed by atoms with E-state index in [0.29, 0.717) is 5.56 Å². The Hall–Kier alpha value is -0.410. The summed E-state index contributed by atoms with van der Waals surface area (Å²) in [5.41, 5.74) is 6.06. The van der Waals surface area contributed by atoms with Crippen LogP contribution in [-0.4, -0.2) is 0 Å². The molecule has 11 heavy (non-hydrogen) atoms. The number of rotatable bonds is 1. The molecule has 60 valence electrons. The first kappa shape index (κ1) is 8.68.